The van der Waals surface area contributed by atoms with Crippen molar-refractivity contribution in [2.24, 2.45) is 7.05 Å². The molecule has 13 heteroatoms. The molecule has 2 aromatic carbocycles. The van der Waals surface area contributed by atoms with Crippen LogP contribution in [0.25, 0.3) is 5.69 Å². The van der Waals surface area contributed by atoms with Crippen molar-refractivity contribution >= 4 is 16.0 Å². The van der Waals surface area contributed by atoms with E-state index >= 15 is 0 Å². The minimum absolute atomic E-state index is 0.0195. The van der Waals surface area contributed by atoms with Crippen LogP contribution in [0.2, 0.25) is 0 Å². The van der Waals surface area contributed by atoms with Gasteiger partial charge in [0.2, 0.25) is 22.1 Å². The first-order valence-electron chi connectivity index (χ1n) is 12.9. The number of hydrogen-bond donors (Lipinski definition) is 2. The van der Waals surface area contributed by atoms with E-state index in [-0.39, 0.29) is 42.3 Å². The highest BCUT2D eigenvalue weighted by molar-refractivity contribution is 7.89. The molecule has 0 radical (unpaired) electrons. The average Bonchev–Trinajstić information content (AvgIpc) is 3.19. The highest BCUT2D eigenvalue weighted by Crippen LogP contribution is 2.32. The summed E-state index contributed by atoms with van der Waals surface area (Å²) in [7, 11) is -0.741. The van der Waals surface area contributed by atoms with Crippen molar-refractivity contribution in [1.29, 1.82) is 0 Å². The Morgan fingerprint density at radius 1 is 1.12 bits per heavy atom. The number of sulfonamides is 1. The number of carboxylic acid groups (broad SMARTS) is 1. The van der Waals surface area contributed by atoms with Gasteiger partial charge in [0.05, 0.1) is 30.9 Å². The zero-order valence-electron chi connectivity index (χ0n) is 23.0. The molecule has 1 aliphatic heterocycles. The molecule has 0 spiro atoms. The van der Waals surface area contributed by atoms with Crippen LogP contribution in [0, 0.1) is 6.92 Å². The molecule has 0 unspecified atom stereocenters. The molecule has 41 heavy (non-hydrogen) atoms. The summed E-state index contributed by atoms with van der Waals surface area (Å²) in [5.41, 5.74) is 1.45. The summed E-state index contributed by atoms with van der Waals surface area (Å²) in [6.45, 7) is 0.920. The van der Waals surface area contributed by atoms with E-state index in [1.54, 1.807) is 30.8 Å². The van der Waals surface area contributed by atoms with Crippen molar-refractivity contribution in [2.45, 2.75) is 30.4 Å². The first kappa shape index (κ1) is 30.1. The van der Waals surface area contributed by atoms with E-state index in [9.17, 15) is 28.2 Å². The number of carbonyl (C=O) groups is 1. The number of aliphatic hydroxyl groups is 1. The third-order valence-corrected chi connectivity index (χ3v) is 8.84. The summed E-state index contributed by atoms with van der Waals surface area (Å²) < 4.78 is 47.1. The van der Waals surface area contributed by atoms with Gasteiger partial charge in [0.25, 0.3) is 5.56 Å². The second kappa shape index (κ2) is 12.7. The van der Waals surface area contributed by atoms with Gasteiger partial charge in [-0.1, -0.05) is 18.2 Å². The van der Waals surface area contributed by atoms with Gasteiger partial charge in [-0.15, -0.1) is 0 Å². The Balaban J connectivity index is 1.53. The number of aromatic nitrogens is 2. The number of aliphatic carboxylic acids is 1. The molecule has 1 aromatic heterocycles. The average molecular weight is 588 g/mol. The number of ether oxygens (including phenoxy) is 3. The molecule has 2 heterocycles. The highest BCUT2D eigenvalue weighted by atomic mass is 32.2. The Bertz CT molecular complexity index is 1560. The largest absolute Gasteiger partial charge is 0.497 e. The van der Waals surface area contributed by atoms with Crippen LogP contribution in [0.5, 0.6) is 5.75 Å². The van der Waals surface area contributed by atoms with E-state index < -0.39 is 34.8 Å². The highest BCUT2D eigenvalue weighted by Gasteiger charge is 2.33. The second-order valence-electron chi connectivity index (χ2n) is 9.37. The fourth-order valence-corrected chi connectivity index (χ4v) is 6.19. The molecule has 3 aromatic rings. The van der Waals surface area contributed by atoms with E-state index in [1.165, 1.54) is 42.1 Å². The van der Waals surface area contributed by atoms with Gasteiger partial charge in [-0.2, -0.15) is 4.31 Å². The van der Waals surface area contributed by atoms with Gasteiger partial charge in [0, 0.05) is 43.7 Å². The summed E-state index contributed by atoms with van der Waals surface area (Å²) in [4.78, 5) is 25.4. The lowest BCUT2D eigenvalue weighted by atomic mass is 9.93. The van der Waals surface area contributed by atoms with Crippen LogP contribution in [0.3, 0.4) is 0 Å². The van der Waals surface area contributed by atoms with Crippen molar-refractivity contribution in [3.63, 3.8) is 0 Å². The number of benzene rings is 2. The number of methoxy groups -OCH3 is 1. The van der Waals surface area contributed by atoms with Crippen LogP contribution in [0.15, 0.2) is 76.1 Å². The molecule has 0 bridgehead atoms. The maximum atomic E-state index is 13.5. The second-order valence-corrected chi connectivity index (χ2v) is 11.3. The minimum Gasteiger partial charge on any atom is -0.497 e. The number of nitrogens with zero attached hydrogens (tertiary/aromatic N) is 3. The molecular formula is C28H33N3O9S. The van der Waals surface area contributed by atoms with Crippen LogP contribution >= 0.6 is 0 Å². The molecule has 0 amide bonds. The quantitative estimate of drug-likeness (QED) is 0.324. The third kappa shape index (κ3) is 6.38. The molecule has 1 aliphatic rings. The summed E-state index contributed by atoms with van der Waals surface area (Å²) in [5.74, 6) is -1.81. The molecule has 0 aliphatic carbocycles. The van der Waals surface area contributed by atoms with E-state index in [4.69, 9.17) is 14.2 Å². The van der Waals surface area contributed by atoms with Crippen molar-refractivity contribution in [3.05, 3.63) is 88.0 Å². The lowest BCUT2D eigenvalue weighted by Crippen LogP contribution is -2.37. The number of hydrogen-bond acceptors (Lipinski definition) is 8. The van der Waals surface area contributed by atoms with E-state index in [2.05, 4.69) is 0 Å². The Morgan fingerprint density at radius 2 is 1.80 bits per heavy atom. The van der Waals surface area contributed by atoms with Crippen LogP contribution in [0.1, 0.15) is 23.6 Å². The smallest absolute Gasteiger partial charge is 0.370 e. The molecule has 0 saturated heterocycles. The van der Waals surface area contributed by atoms with Gasteiger partial charge in [0.15, 0.2) is 0 Å². The molecule has 4 rings (SSSR count). The van der Waals surface area contributed by atoms with Gasteiger partial charge in [-0.05, 0) is 49.4 Å². The van der Waals surface area contributed by atoms with Gasteiger partial charge in [-0.25, -0.2) is 17.9 Å². The number of rotatable bonds is 12. The molecule has 2 atom stereocenters. The monoisotopic (exact) mass is 587 g/mol. The number of carboxylic acids is 1. The third-order valence-electron chi connectivity index (χ3n) is 6.93. The Hall–Kier alpha value is -3.91. The number of allylic oxidation sites excluding steroid dienone is 1. The van der Waals surface area contributed by atoms with Gasteiger partial charge in [0.1, 0.15) is 5.75 Å². The molecule has 12 nitrogen and oxygen atoms in total. The SMILES string of the molecule is COc1ccc(S(=O)(=O)N(CCO)CCO[C@@H]2C[C@H](c3c(C)n(C)n(-c4ccccc4)c3=O)C=C(C(=O)O)O2)cc1. The number of aliphatic hydroxyl groups excluding tert-OH is 1. The molecule has 0 fully saturated rings. The summed E-state index contributed by atoms with van der Waals surface area (Å²) in [6.07, 6.45) is 0.476. The predicted molar refractivity (Wildman–Crippen MR) is 148 cm³/mol. The zero-order chi connectivity index (χ0) is 29.7. The number of para-hydroxylation sites is 1. The summed E-state index contributed by atoms with van der Waals surface area (Å²) in [6, 6.07) is 14.9. The lowest BCUT2D eigenvalue weighted by Gasteiger charge is -2.29. The molecule has 2 N–H and O–H groups in total. The Labute approximate surface area is 237 Å². The van der Waals surface area contributed by atoms with E-state index in [1.807, 2.05) is 18.2 Å². The van der Waals surface area contributed by atoms with Crippen LogP contribution in [-0.4, -0.2) is 78.0 Å². The van der Waals surface area contributed by atoms with E-state index in [0.717, 1.165) is 4.31 Å². The van der Waals surface area contributed by atoms with Crippen molar-refractivity contribution < 1.29 is 37.6 Å². The standard InChI is InChI=1S/C28H33N3O9S/c1-19-26(27(33)31(29(19)2)21-7-5-4-6-8-21)20-17-24(28(34)35)40-25(18-20)39-16-14-30(13-15-32)41(36,37)23-11-9-22(38-3)10-12-23/h4-12,17,20,25,32H,13-16,18H2,1-3H3,(H,34,35)/t20-,25+/m1/s1. The maximum absolute atomic E-state index is 13.5. The normalized spacial score (nSPS) is 17.2. The van der Waals surface area contributed by atoms with Crippen LogP contribution < -0.4 is 10.3 Å². The lowest BCUT2D eigenvalue weighted by molar-refractivity contribution is -0.157. The minimum atomic E-state index is -3.96. The van der Waals surface area contributed by atoms with Crippen LogP contribution in [0.4, 0.5) is 0 Å². The first-order valence-corrected chi connectivity index (χ1v) is 14.3. The van der Waals surface area contributed by atoms with Gasteiger partial charge < -0.3 is 24.4 Å². The zero-order valence-corrected chi connectivity index (χ0v) is 23.8. The maximum Gasteiger partial charge on any atom is 0.370 e. The molecular weight excluding hydrogens is 554 g/mol. The fraction of sp³-hybridized carbons (Fsp3) is 0.357. The van der Waals surface area contributed by atoms with E-state index in [0.29, 0.717) is 22.7 Å². The van der Waals surface area contributed by atoms with Gasteiger partial charge in [-0.3, -0.25) is 9.48 Å². The topological polar surface area (TPSA) is 150 Å². The Kier molecular flexibility index (Phi) is 9.33. The van der Waals surface area contributed by atoms with Crippen molar-refractivity contribution in [2.75, 3.05) is 33.4 Å². The summed E-state index contributed by atoms with van der Waals surface area (Å²) in [5, 5.41) is 19.2. The summed E-state index contributed by atoms with van der Waals surface area (Å²) >= 11 is 0. The Morgan fingerprint density at radius 3 is 2.41 bits per heavy atom. The predicted octanol–water partition coefficient (Wildman–Crippen LogP) is 1.99. The van der Waals surface area contributed by atoms with Gasteiger partial charge >= 0.3 is 5.97 Å². The first-order chi connectivity index (χ1) is 19.6. The fourth-order valence-electron chi connectivity index (χ4n) is 4.77. The van der Waals surface area contributed by atoms with Crippen molar-refractivity contribution in [3.8, 4) is 11.4 Å². The molecule has 220 valence electrons. The molecule has 0 saturated carbocycles. The van der Waals surface area contributed by atoms with Crippen LogP contribution in [-0.2, 0) is 31.3 Å². The van der Waals surface area contributed by atoms with Crippen molar-refractivity contribution in [1.82, 2.24) is 13.7 Å².